The van der Waals surface area contributed by atoms with Crippen molar-refractivity contribution in [2.75, 3.05) is 13.0 Å². The number of rotatable bonds is 6. The number of methoxy groups -OCH3 is 1. The molecular weight excluding hydrogens is 380 g/mol. The number of hydrogen-bond donors (Lipinski definition) is 2. The van der Waals surface area contributed by atoms with Crippen LogP contribution in [0.25, 0.3) is 5.57 Å². The molecule has 2 N–H and O–H groups in total. The molecule has 2 aliphatic rings. The minimum absolute atomic E-state index is 0.0866. The second kappa shape index (κ2) is 8.53. The number of amides is 1. The van der Waals surface area contributed by atoms with Crippen LogP contribution in [-0.4, -0.2) is 39.4 Å². The lowest BCUT2D eigenvalue weighted by atomic mass is 9.90. The molecule has 3 rings (SSSR count). The molecule has 8 heteroatoms. The quantitative estimate of drug-likeness (QED) is 0.702. The van der Waals surface area contributed by atoms with Crippen LogP contribution in [0.5, 0.6) is 0 Å². The highest BCUT2D eigenvalue weighted by Crippen LogP contribution is 2.31. The second-order valence-corrected chi connectivity index (χ2v) is 8.45. The Labute approximate surface area is 164 Å². The lowest BCUT2D eigenvalue weighted by Gasteiger charge is -2.17. The number of ether oxygens (including phenoxy) is 1. The Morgan fingerprint density at radius 3 is 2.71 bits per heavy atom. The van der Waals surface area contributed by atoms with Crippen molar-refractivity contribution >= 4 is 27.3 Å². The third-order valence-electron chi connectivity index (χ3n) is 4.51. The second-order valence-electron chi connectivity index (χ2n) is 6.60. The average Bonchev–Trinajstić information content (AvgIpc) is 3.11. The van der Waals surface area contributed by atoms with Gasteiger partial charge in [-0.2, -0.15) is 0 Å². The maximum atomic E-state index is 12.5. The van der Waals surface area contributed by atoms with Gasteiger partial charge in [0, 0.05) is 11.8 Å². The van der Waals surface area contributed by atoms with Gasteiger partial charge in [0.05, 0.1) is 18.8 Å². The van der Waals surface area contributed by atoms with Gasteiger partial charge in [-0.15, -0.1) is 0 Å². The molecule has 1 amide bonds. The number of allylic oxidation sites excluding steroid dienone is 3. The Morgan fingerprint density at radius 1 is 1.32 bits per heavy atom. The normalized spacial score (nSPS) is 21.1. The molecule has 7 nitrogen and oxygen atoms in total. The van der Waals surface area contributed by atoms with Gasteiger partial charge in [0.25, 0.3) is 0 Å². The van der Waals surface area contributed by atoms with E-state index in [9.17, 15) is 18.0 Å². The van der Waals surface area contributed by atoms with Crippen LogP contribution in [0.4, 0.5) is 0 Å². The van der Waals surface area contributed by atoms with E-state index >= 15 is 0 Å². The van der Waals surface area contributed by atoms with Gasteiger partial charge < -0.3 is 10.1 Å². The van der Waals surface area contributed by atoms with Gasteiger partial charge in [-0.05, 0) is 35.6 Å². The lowest BCUT2D eigenvalue weighted by Crippen LogP contribution is -2.41. The fraction of sp³-hybridized carbons (Fsp3) is 0.300. The Kier molecular flexibility index (Phi) is 6.11. The van der Waals surface area contributed by atoms with Crippen LogP contribution in [0.3, 0.4) is 0 Å². The summed E-state index contributed by atoms with van der Waals surface area (Å²) in [5.41, 5.74) is 2.41. The van der Waals surface area contributed by atoms with Gasteiger partial charge in [0.15, 0.2) is 9.84 Å². The lowest BCUT2D eigenvalue weighted by molar-refractivity contribution is -0.135. The van der Waals surface area contributed by atoms with Crippen molar-refractivity contribution in [2.24, 2.45) is 0 Å². The van der Waals surface area contributed by atoms with Gasteiger partial charge in [-0.1, -0.05) is 36.4 Å². The van der Waals surface area contributed by atoms with Gasteiger partial charge in [0.2, 0.25) is 5.91 Å². The zero-order valence-electron chi connectivity index (χ0n) is 15.5. The summed E-state index contributed by atoms with van der Waals surface area (Å²) in [6, 6.07) is 9.26. The van der Waals surface area contributed by atoms with Crippen molar-refractivity contribution < 1.29 is 22.7 Å². The Morgan fingerprint density at radius 2 is 2.07 bits per heavy atom. The van der Waals surface area contributed by atoms with Crippen molar-refractivity contribution in [3.8, 4) is 0 Å². The summed E-state index contributed by atoms with van der Waals surface area (Å²) < 4.78 is 29.8. The topological polar surface area (TPSA) is 102 Å². The van der Waals surface area contributed by atoms with E-state index in [0.29, 0.717) is 36.0 Å². The molecule has 1 aromatic rings. The summed E-state index contributed by atoms with van der Waals surface area (Å²) in [5, 5.41) is 6.73. The number of carbonyl (C=O) groups is 2. The molecule has 1 aromatic carbocycles. The molecule has 0 bridgehead atoms. The summed E-state index contributed by atoms with van der Waals surface area (Å²) >= 11 is 0. The fourth-order valence-electron chi connectivity index (χ4n) is 3.15. The third-order valence-corrected chi connectivity index (χ3v) is 5.74. The zero-order chi connectivity index (χ0) is 20.1. The summed E-state index contributed by atoms with van der Waals surface area (Å²) in [4.78, 5) is 23.3. The van der Waals surface area contributed by atoms with Gasteiger partial charge in [-0.3, -0.25) is 10.1 Å². The zero-order valence-corrected chi connectivity index (χ0v) is 16.3. The first-order valence-electron chi connectivity index (χ1n) is 8.90. The van der Waals surface area contributed by atoms with Crippen molar-refractivity contribution in [1.82, 2.24) is 10.6 Å². The Bertz CT molecular complexity index is 962. The van der Waals surface area contributed by atoms with Crippen LogP contribution >= 0.6 is 0 Å². The van der Waals surface area contributed by atoms with E-state index in [4.69, 9.17) is 4.74 Å². The maximum Gasteiger partial charge on any atom is 0.338 e. The molecule has 1 heterocycles. The monoisotopic (exact) mass is 402 g/mol. The van der Waals surface area contributed by atoms with Crippen molar-refractivity contribution in [1.29, 1.82) is 0 Å². The smallest absolute Gasteiger partial charge is 0.338 e. The molecule has 0 unspecified atom stereocenters. The molecule has 1 saturated heterocycles. The average molecular weight is 402 g/mol. The molecule has 0 radical (unpaired) electrons. The standard InChI is InChI=1S/C20H22N2O5S/c1-27-20(24)16-8-7-14(11-17(16)15-5-3-2-4-6-15)12-28(25,26)13-21-18-9-10-19(23)22-18/h2-6,8,11-12,18,21H,7,9-10,13H2,1H3,(H,22,23)/t18-/m1/s1. The number of nitrogens with one attached hydrogen (secondary N) is 2. The predicted molar refractivity (Wildman–Crippen MR) is 105 cm³/mol. The molecule has 0 aromatic heterocycles. The molecule has 1 aliphatic heterocycles. The molecule has 1 aliphatic carbocycles. The Balaban J connectivity index is 1.81. The van der Waals surface area contributed by atoms with E-state index in [2.05, 4.69) is 10.6 Å². The first-order chi connectivity index (χ1) is 13.4. The van der Waals surface area contributed by atoms with E-state index in [1.807, 2.05) is 30.3 Å². The number of sulfone groups is 1. The molecular formula is C20H22N2O5S. The number of esters is 1. The van der Waals surface area contributed by atoms with Crippen LogP contribution in [0.2, 0.25) is 0 Å². The van der Waals surface area contributed by atoms with E-state index in [1.165, 1.54) is 12.5 Å². The fourth-order valence-corrected chi connectivity index (χ4v) is 4.29. The highest BCUT2D eigenvalue weighted by atomic mass is 32.2. The van der Waals surface area contributed by atoms with Gasteiger partial charge in [-0.25, -0.2) is 13.2 Å². The molecule has 1 atom stereocenters. The molecule has 148 valence electrons. The largest absolute Gasteiger partial charge is 0.465 e. The van der Waals surface area contributed by atoms with Crippen LogP contribution in [0, 0.1) is 0 Å². The maximum absolute atomic E-state index is 12.5. The molecule has 0 saturated carbocycles. The first-order valence-corrected chi connectivity index (χ1v) is 10.6. The number of hydrogen-bond acceptors (Lipinski definition) is 6. The summed E-state index contributed by atoms with van der Waals surface area (Å²) in [6.45, 7) is 0. The molecule has 0 spiro atoms. The first kappa shape index (κ1) is 20.0. The highest BCUT2D eigenvalue weighted by molar-refractivity contribution is 7.94. The van der Waals surface area contributed by atoms with Crippen molar-refractivity contribution in [3.63, 3.8) is 0 Å². The van der Waals surface area contributed by atoms with Gasteiger partial charge in [0.1, 0.15) is 5.88 Å². The van der Waals surface area contributed by atoms with Crippen molar-refractivity contribution in [3.05, 3.63) is 64.6 Å². The van der Waals surface area contributed by atoms with Crippen LogP contribution in [0.15, 0.2) is 59.0 Å². The summed E-state index contributed by atoms with van der Waals surface area (Å²) in [5.74, 6) is -0.823. The minimum atomic E-state index is -3.55. The van der Waals surface area contributed by atoms with Crippen LogP contribution in [0.1, 0.15) is 24.8 Å². The SMILES string of the molecule is COC(=O)C1=CCC(=CS(=O)(=O)CN[C@H]2CCC(=O)N2)C=C1c1ccccc1. The summed E-state index contributed by atoms with van der Waals surface area (Å²) in [7, 11) is -2.23. The minimum Gasteiger partial charge on any atom is -0.465 e. The Hall–Kier alpha value is -2.71. The van der Waals surface area contributed by atoms with E-state index in [1.54, 1.807) is 12.2 Å². The third kappa shape index (κ3) is 4.96. The highest BCUT2D eigenvalue weighted by Gasteiger charge is 2.23. The van der Waals surface area contributed by atoms with Gasteiger partial charge >= 0.3 is 5.97 Å². The predicted octanol–water partition coefficient (Wildman–Crippen LogP) is 1.65. The van der Waals surface area contributed by atoms with E-state index < -0.39 is 15.8 Å². The van der Waals surface area contributed by atoms with Crippen molar-refractivity contribution in [2.45, 2.75) is 25.4 Å². The number of carbonyl (C=O) groups excluding carboxylic acids is 2. The van der Waals surface area contributed by atoms with Crippen LogP contribution < -0.4 is 10.6 Å². The van der Waals surface area contributed by atoms with E-state index in [0.717, 1.165) is 5.56 Å². The molecule has 1 fully saturated rings. The number of benzene rings is 1. The van der Waals surface area contributed by atoms with E-state index in [-0.39, 0.29) is 17.9 Å². The van der Waals surface area contributed by atoms with Crippen LogP contribution in [-0.2, 0) is 24.2 Å². The summed E-state index contributed by atoms with van der Waals surface area (Å²) in [6.07, 6.45) is 4.32. The molecule has 28 heavy (non-hydrogen) atoms.